The van der Waals surface area contributed by atoms with E-state index in [1.807, 2.05) is 0 Å². The van der Waals surface area contributed by atoms with Crippen molar-refractivity contribution in [3.05, 3.63) is 23.3 Å². The lowest BCUT2D eigenvalue weighted by molar-refractivity contribution is 0.0586. The summed E-state index contributed by atoms with van der Waals surface area (Å²) in [5, 5.41) is 0. The van der Waals surface area contributed by atoms with Crippen LogP contribution in [0.3, 0.4) is 0 Å². The predicted octanol–water partition coefficient (Wildman–Crippen LogP) is 0.880. The van der Waals surface area contributed by atoms with Crippen molar-refractivity contribution < 1.29 is 9.53 Å². The van der Waals surface area contributed by atoms with E-state index in [0.29, 0.717) is 0 Å². The summed E-state index contributed by atoms with van der Waals surface area (Å²) in [7, 11) is 1.31. The number of aryl methyl sites for hydroxylation is 2. The Balaban J connectivity index is 3.08. The number of hydrogen-bond donors (Lipinski definition) is 0. The molecule has 0 aliphatic heterocycles. The SMILES string of the molecule is COC(=O)c1nc(C)cc(C)n1. The number of carbonyl (C=O) groups is 1. The lowest BCUT2D eigenvalue weighted by Crippen LogP contribution is -2.08. The Bertz CT molecular complexity index is 290. The van der Waals surface area contributed by atoms with Crippen molar-refractivity contribution >= 4 is 5.97 Å². The van der Waals surface area contributed by atoms with E-state index in [9.17, 15) is 4.79 Å². The van der Waals surface area contributed by atoms with Crippen molar-refractivity contribution in [2.75, 3.05) is 7.11 Å². The van der Waals surface area contributed by atoms with Crippen molar-refractivity contribution in [1.29, 1.82) is 0 Å². The largest absolute Gasteiger partial charge is 0.463 e. The van der Waals surface area contributed by atoms with E-state index in [2.05, 4.69) is 14.7 Å². The lowest BCUT2D eigenvalue weighted by Gasteiger charge is -1.99. The van der Waals surface area contributed by atoms with Crippen molar-refractivity contribution in [2.24, 2.45) is 0 Å². The minimum Gasteiger partial charge on any atom is -0.463 e. The van der Waals surface area contributed by atoms with Gasteiger partial charge in [0.05, 0.1) is 7.11 Å². The maximum atomic E-state index is 11.0. The Kier molecular flexibility index (Phi) is 2.38. The predicted molar refractivity (Wildman–Crippen MR) is 42.8 cm³/mol. The summed E-state index contributed by atoms with van der Waals surface area (Å²) in [5.74, 6) is -0.378. The third-order valence-electron chi connectivity index (χ3n) is 1.35. The molecule has 1 aromatic heterocycles. The average Bonchev–Trinajstić information content (AvgIpc) is 2.01. The van der Waals surface area contributed by atoms with Crippen LogP contribution in [0.4, 0.5) is 0 Å². The van der Waals surface area contributed by atoms with Gasteiger partial charge in [0, 0.05) is 11.4 Å². The highest BCUT2D eigenvalue weighted by Crippen LogP contribution is 1.99. The molecule has 0 saturated heterocycles. The Morgan fingerprint density at radius 3 is 2.25 bits per heavy atom. The molecule has 1 aromatic rings. The molecule has 64 valence electrons. The van der Waals surface area contributed by atoms with Gasteiger partial charge in [-0.3, -0.25) is 0 Å². The quantitative estimate of drug-likeness (QED) is 0.581. The van der Waals surface area contributed by atoms with Gasteiger partial charge >= 0.3 is 5.97 Å². The molecule has 1 rings (SSSR count). The van der Waals surface area contributed by atoms with Gasteiger partial charge in [-0.2, -0.15) is 0 Å². The molecule has 0 fully saturated rings. The van der Waals surface area contributed by atoms with Crippen molar-refractivity contribution in [1.82, 2.24) is 9.97 Å². The van der Waals surface area contributed by atoms with Gasteiger partial charge in [-0.1, -0.05) is 0 Å². The molecule has 0 aliphatic rings. The standard InChI is InChI=1S/C8H10N2O2/c1-5-4-6(2)10-7(9-5)8(11)12-3/h4H,1-3H3. The van der Waals surface area contributed by atoms with Crippen LogP contribution in [0.5, 0.6) is 0 Å². The molecule has 0 bridgehead atoms. The summed E-state index contributed by atoms with van der Waals surface area (Å²) in [6.45, 7) is 3.61. The van der Waals surface area contributed by atoms with Gasteiger partial charge in [0.25, 0.3) is 0 Å². The highest BCUT2D eigenvalue weighted by atomic mass is 16.5. The third-order valence-corrected chi connectivity index (χ3v) is 1.35. The number of methoxy groups -OCH3 is 1. The summed E-state index contributed by atoms with van der Waals surface area (Å²) in [5.41, 5.74) is 1.53. The van der Waals surface area contributed by atoms with Crippen LogP contribution in [0.15, 0.2) is 6.07 Å². The normalized spacial score (nSPS) is 9.58. The minimum absolute atomic E-state index is 0.120. The molecule has 0 atom stereocenters. The van der Waals surface area contributed by atoms with Gasteiger partial charge in [0.2, 0.25) is 5.82 Å². The fourth-order valence-corrected chi connectivity index (χ4v) is 0.909. The van der Waals surface area contributed by atoms with Gasteiger partial charge in [-0.05, 0) is 19.9 Å². The van der Waals surface area contributed by atoms with Gasteiger partial charge < -0.3 is 4.74 Å². The summed E-state index contributed by atoms with van der Waals surface area (Å²) < 4.78 is 4.48. The first-order chi connectivity index (χ1) is 5.63. The summed E-state index contributed by atoms with van der Waals surface area (Å²) in [6, 6.07) is 1.80. The first kappa shape index (κ1) is 8.64. The molecule has 4 nitrogen and oxygen atoms in total. The third kappa shape index (κ3) is 1.78. The van der Waals surface area contributed by atoms with Gasteiger partial charge in [0.1, 0.15) is 0 Å². The minimum atomic E-state index is -0.498. The summed E-state index contributed by atoms with van der Waals surface area (Å²) >= 11 is 0. The van der Waals surface area contributed by atoms with E-state index in [1.165, 1.54) is 7.11 Å². The maximum absolute atomic E-state index is 11.0. The first-order valence-corrected chi connectivity index (χ1v) is 3.54. The molecule has 12 heavy (non-hydrogen) atoms. The van der Waals surface area contributed by atoms with Crippen LogP contribution in [0.2, 0.25) is 0 Å². The molecular weight excluding hydrogens is 156 g/mol. The van der Waals surface area contributed by atoms with Crippen LogP contribution in [-0.4, -0.2) is 23.0 Å². The van der Waals surface area contributed by atoms with Crippen LogP contribution in [0.25, 0.3) is 0 Å². The number of esters is 1. The van der Waals surface area contributed by atoms with Gasteiger partial charge in [-0.15, -0.1) is 0 Å². The van der Waals surface area contributed by atoms with E-state index < -0.39 is 5.97 Å². The smallest absolute Gasteiger partial charge is 0.376 e. The molecular formula is C8H10N2O2. The zero-order valence-electron chi connectivity index (χ0n) is 7.29. The van der Waals surface area contributed by atoms with E-state index in [1.54, 1.807) is 19.9 Å². The molecule has 0 unspecified atom stereocenters. The Morgan fingerprint density at radius 2 is 1.83 bits per heavy atom. The summed E-state index contributed by atoms with van der Waals surface area (Å²) in [4.78, 5) is 18.8. The van der Waals surface area contributed by atoms with E-state index in [0.717, 1.165) is 11.4 Å². The van der Waals surface area contributed by atoms with Crippen LogP contribution in [0.1, 0.15) is 22.0 Å². The fraction of sp³-hybridized carbons (Fsp3) is 0.375. The Morgan fingerprint density at radius 1 is 1.33 bits per heavy atom. The molecule has 4 heteroatoms. The van der Waals surface area contributed by atoms with E-state index in [-0.39, 0.29) is 5.82 Å². The topological polar surface area (TPSA) is 52.1 Å². The first-order valence-electron chi connectivity index (χ1n) is 3.54. The molecule has 0 N–H and O–H groups in total. The van der Waals surface area contributed by atoms with E-state index in [4.69, 9.17) is 0 Å². The Hall–Kier alpha value is -1.45. The van der Waals surface area contributed by atoms with Crippen LogP contribution in [0, 0.1) is 13.8 Å². The average molecular weight is 166 g/mol. The molecule has 0 radical (unpaired) electrons. The van der Waals surface area contributed by atoms with Gasteiger partial charge in [-0.25, -0.2) is 14.8 Å². The number of ether oxygens (including phenoxy) is 1. The van der Waals surface area contributed by atoms with Crippen LogP contribution >= 0.6 is 0 Å². The van der Waals surface area contributed by atoms with Crippen LogP contribution in [-0.2, 0) is 4.74 Å². The molecule has 0 aromatic carbocycles. The molecule has 0 saturated carbocycles. The molecule has 1 heterocycles. The summed E-state index contributed by atoms with van der Waals surface area (Å²) in [6.07, 6.45) is 0. The zero-order chi connectivity index (χ0) is 9.14. The maximum Gasteiger partial charge on any atom is 0.376 e. The fourth-order valence-electron chi connectivity index (χ4n) is 0.909. The highest BCUT2D eigenvalue weighted by Gasteiger charge is 2.09. The second-order valence-electron chi connectivity index (χ2n) is 2.47. The number of carbonyl (C=O) groups excluding carboxylic acids is 1. The second-order valence-corrected chi connectivity index (χ2v) is 2.47. The molecule has 0 amide bonds. The van der Waals surface area contributed by atoms with E-state index >= 15 is 0 Å². The second kappa shape index (κ2) is 3.30. The highest BCUT2D eigenvalue weighted by molar-refractivity contribution is 5.84. The number of aromatic nitrogens is 2. The number of rotatable bonds is 1. The van der Waals surface area contributed by atoms with Crippen LogP contribution < -0.4 is 0 Å². The van der Waals surface area contributed by atoms with Gasteiger partial charge in [0.15, 0.2) is 0 Å². The Labute approximate surface area is 70.6 Å². The number of hydrogen-bond acceptors (Lipinski definition) is 4. The van der Waals surface area contributed by atoms with Crippen molar-refractivity contribution in [3.63, 3.8) is 0 Å². The monoisotopic (exact) mass is 166 g/mol. The zero-order valence-corrected chi connectivity index (χ0v) is 7.29. The lowest BCUT2D eigenvalue weighted by atomic mass is 10.3. The van der Waals surface area contributed by atoms with Crippen molar-refractivity contribution in [2.45, 2.75) is 13.8 Å². The van der Waals surface area contributed by atoms with Crippen molar-refractivity contribution in [3.8, 4) is 0 Å². The molecule has 0 aliphatic carbocycles. The molecule has 0 spiro atoms. The number of nitrogens with zero attached hydrogens (tertiary/aromatic N) is 2.